The van der Waals surface area contributed by atoms with Gasteiger partial charge in [0.05, 0.1) is 6.20 Å². The van der Waals surface area contributed by atoms with Gasteiger partial charge in [-0.25, -0.2) is 13.8 Å². The number of hydrogen-bond acceptors (Lipinski definition) is 2. The average Bonchev–Trinajstić information content (AvgIpc) is 2.29. The Morgan fingerprint density at radius 2 is 1.94 bits per heavy atom. The molecule has 0 unspecified atom stereocenters. The predicted molar refractivity (Wildman–Crippen MR) is 61.2 cm³/mol. The summed E-state index contributed by atoms with van der Waals surface area (Å²) >= 11 is 10.6. The number of aromatic nitrogens is 2. The lowest BCUT2D eigenvalue weighted by Crippen LogP contribution is -2.03. The Bertz CT molecular complexity index is 522. The first-order chi connectivity index (χ1) is 7.99. The summed E-state index contributed by atoms with van der Waals surface area (Å²) in [4.78, 5) is 16.2. The van der Waals surface area contributed by atoms with Gasteiger partial charge in [0.15, 0.2) is 5.82 Å². The Kier molecular flexibility index (Phi) is 5.06. The molecule has 0 spiro atoms. The number of nitrogens with zero attached hydrogens (tertiary/aromatic N) is 1. The molecule has 0 aliphatic rings. The molecule has 90 valence electrons. The molecule has 0 aliphatic heterocycles. The fourth-order valence-electron chi connectivity index (χ4n) is 0.787. The molecule has 0 bridgehead atoms. The van der Waals surface area contributed by atoms with Gasteiger partial charge in [0.25, 0.3) is 0 Å². The minimum Gasteiger partial charge on any atom is -0.349 e. The van der Waals surface area contributed by atoms with Crippen molar-refractivity contribution in [2.24, 2.45) is 0 Å². The maximum atomic E-state index is 12.1. The summed E-state index contributed by atoms with van der Waals surface area (Å²) in [5.41, 5.74) is -0.696. The molecule has 0 radical (unpaired) electrons. The largest absolute Gasteiger partial charge is 0.349 e. The molecule has 0 aromatic carbocycles. The number of H-pyrrole nitrogens is 1. The maximum Gasteiger partial charge on any atom is 0.218 e. The van der Waals surface area contributed by atoms with Crippen LogP contribution in [0.4, 0.5) is 8.78 Å². The molecule has 0 aliphatic carbocycles. The van der Waals surface area contributed by atoms with Crippen LogP contribution < -0.4 is 5.43 Å². The van der Waals surface area contributed by atoms with Gasteiger partial charge in [-0.2, -0.15) is 0 Å². The second-order valence-electron chi connectivity index (χ2n) is 2.79. The minimum atomic E-state index is -0.820. The topological polar surface area (TPSA) is 45.8 Å². The molecule has 1 N–H and O–H groups in total. The molecule has 2 aromatic rings. The number of halogens is 4. The molecule has 2 heterocycles. The van der Waals surface area contributed by atoms with Gasteiger partial charge < -0.3 is 4.98 Å². The Morgan fingerprint density at radius 1 is 1.24 bits per heavy atom. The van der Waals surface area contributed by atoms with Gasteiger partial charge in [0, 0.05) is 12.3 Å². The predicted octanol–water partition coefficient (Wildman–Crippen LogP) is 3.04. The highest BCUT2D eigenvalue weighted by atomic mass is 35.5. The Labute approximate surface area is 105 Å². The number of aromatic amines is 1. The minimum absolute atomic E-state index is 0.140. The molecule has 7 heteroatoms. The van der Waals surface area contributed by atoms with E-state index in [-0.39, 0.29) is 11.0 Å². The molecule has 0 saturated carbocycles. The third-order valence-corrected chi connectivity index (χ3v) is 1.96. The average molecular weight is 279 g/mol. The summed E-state index contributed by atoms with van der Waals surface area (Å²) in [6.45, 7) is 0. The fraction of sp³-hybridized carbons (Fsp3) is 0. The smallest absolute Gasteiger partial charge is 0.218 e. The third-order valence-electron chi connectivity index (χ3n) is 1.52. The zero-order valence-corrected chi connectivity index (χ0v) is 9.77. The van der Waals surface area contributed by atoms with Gasteiger partial charge >= 0.3 is 0 Å². The first kappa shape index (κ1) is 13.6. The Balaban J connectivity index is 0.000000171. The van der Waals surface area contributed by atoms with E-state index in [2.05, 4.69) is 9.97 Å². The zero-order valence-electron chi connectivity index (χ0n) is 8.25. The van der Waals surface area contributed by atoms with Gasteiger partial charge in [-0.15, -0.1) is 0 Å². The van der Waals surface area contributed by atoms with E-state index in [0.29, 0.717) is 5.15 Å². The zero-order chi connectivity index (χ0) is 12.8. The molecule has 3 nitrogen and oxygen atoms in total. The number of rotatable bonds is 0. The molecular weight excluding hydrogens is 273 g/mol. The molecule has 0 saturated heterocycles. The monoisotopic (exact) mass is 278 g/mol. The van der Waals surface area contributed by atoms with Crippen molar-refractivity contribution in [3.8, 4) is 0 Å². The van der Waals surface area contributed by atoms with Crippen LogP contribution in [0.3, 0.4) is 0 Å². The van der Waals surface area contributed by atoms with Crippen molar-refractivity contribution < 1.29 is 8.78 Å². The van der Waals surface area contributed by atoms with Gasteiger partial charge in [0.1, 0.15) is 16.1 Å². The third kappa shape index (κ3) is 4.93. The lowest BCUT2D eigenvalue weighted by Gasteiger charge is -1.86. The van der Waals surface area contributed by atoms with Gasteiger partial charge in [-0.3, -0.25) is 4.79 Å². The van der Waals surface area contributed by atoms with Crippen LogP contribution in [0.2, 0.25) is 10.3 Å². The van der Waals surface area contributed by atoms with Crippen LogP contribution in [-0.4, -0.2) is 9.97 Å². The van der Waals surface area contributed by atoms with Crippen LogP contribution in [0, 0.1) is 11.6 Å². The van der Waals surface area contributed by atoms with Crippen molar-refractivity contribution in [2.45, 2.75) is 0 Å². The highest BCUT2D eigenvalue weighted by molar-refractivity contribution is 6.29. The number of pyridine rings is 2. The normalized spacial score (nSPS) is 9.41. The highest BCUT2D eigenvalue weighted by Gasteiger charge is 1.95. The second kappa shape index (κ2) is 6.32. The van der Waals surface area contributed by atoms with Crippen LogP contribution in [0.1, 0.15) is 0 Å². The summed E-state index contributed by atoms with van der Waals surface area (Å²) in [6.07, 6.45) is 1.99. The van der Waals surface area contributed by atoms with Crippen LogP contribution in [0.5, 0.6) is 0 Å². The van der Waals surface area contributed by atoms with Gasteiger partial charge in [0.2, 0.25) is 5.43 Å². The summed E-state index contributed by atoms with van der Waals surface area (Å²) in [6, 6.07) is 3.64. The maximum absolute atomic E-state index is 12.1. The van der Waals surface area contributed by atoms with E-state index in [9.17, 15) is 13.6 Å². The first-order valence-corrected chi connectivity index (χ1v) is 5.05. The lowest BCUT2D eigenvalue weighted by molar-refractivity contribution is 0.611. The van der Waals surface area contributed by atoms with Crippen molar-refractivity contribution in [1.82, 2.24) is 9.97 Å². The van der Waals surface area contributed by atoms with Crippen LogP contribution in [0.25, 0.3) is 0 Å². The molecule has 0 atom stereocenters. The van der Waals surface area contributed by atoms with E-state index in [1.807, 2.05) is 0 Å². The highest BCUT2D eigenvalue weighted by Crippen LogP contribution is 2.02. The van der Waals surface area contributed by atoms with Crippen molar-refractivity contribution in [2.75, 3.05) is 0 Å². The lowest BCUT2D eigenvalue weighted by atomic mass is 10.5. The molecule has 0 fully saturated rings. The molecule has 17 heavy (non-hydrogen) atoms. The van der Waals surface area contributed by atoms with Gasteiger partial charge in [-0.1, -0.05) is 23.2 Å². The van der Waals surface area contributed by atoms with Crippen LogP contribution in [0.15, 0.2) is 35.4 Å². The van der Waals surface area contributed by atoms with E-state index in [0.717, 1.165) is 18.5 Å². The summed E-state index contributed by atoms with van der Waals surface area (Å²) in [7, 11) is 0. The molecule has 2 aromatic heterocycles. The van der Waals surface area contributed by atoms with E-state index < -0.39 is 11.2 Å². The van der Waals surface area contributed by atoms with Crippen molar-refractivity contribution >= 4 is 23.2 Å². The van der Waals surface area contributed by atoms with E-state index in [1.54, 1.807) is 0 Å². The number of hydrogen-bond donors (Lipinski definition) is 1. The molecular formula is C10H6Cl2F2N2O. The fourth-order valence-corrected chi connectivity index (χ4v) is 1.05. The van der Waals surface area contributed by atoms with Crippen molar-refractivity contribution in [3.63, 3.8) is 0 Å². The standard InChI is InChI=1S/C5H3ClFNO.C5H3ClFN/c6-5-1-4(9)3(7)2-8-5;6-5-2-1-4(7)3-8-5/h1-2H,(H,8,9);1-3H. The van der Waals surface area contributed by atoms with Crippen LogP contribution >= 0.6 is 23.2 Å². The first-order valence-electron chi connectivity index (χ1n) is 4.30. The van der Waals surface area contributed by atoms with Crippen molar-refractivity contribution in [1.29, 1.82) is 0 Å². The SMILES string of the molecule is Fc1ccc(Cl)nc1.O=c1cc(Cl)[nH]cc1F. The van der Waals surface area contributed by atoms with E-state index >= 15 is 0 Å². The molecule has 0 amide bonds. The van der Waals surface area contributed by atoms with E-state index in [1.165, 1.54) is 12.1 Å². The Hall–Kier alpha value is -1.46. The summed E-state index contributed by atoms with van der Waals surface area (Å²) in [5.74, 6) is -1.19. The van der Waals surface area contributed by atoms with Crippen LogP contribution in [-0.2, 0) is 0 Å². The summed E-state index contributed by atoms with van der Waals surface area (Å²) < 4.78 is 24.1. The van der Waals surface area contributed by atoms with Crippen molar-refractivity contribution in [3.05, 3.63) is 62.8 Å². The summed E-state index contributed by atoms with van der Waals surface area (Å²) in [5, 5.41) is 0.452. The van der Waals surface area contributed by atoms with Gasteiger partial charge in [-0.05, 0) is 12.1 Å². The second-order valence-corrected chi connectivity index (χ2v) is 3.59. The quantitative estimate of drug-likeness (QED) is 0.753. The van der Waals surface area contributed by atoms with E-state index in [4.69, 9.17) is 23.2 Å². The number of nitrogens with one attached hydrogen (secondary N) is 1. The molecule has 2 rings (SSSR count). The Morgan fingerprint density at radius 3 is 2.35 bits per heavy atom.